The van der Waals surface area contributed by atoms with E-state index in [0.29, 0.717) is 19.8 Å². The highest BCUT2D eigenvalue weighted by Gasteiger charge is 2.34. The smallest absolute Gasteiger partial charge is 0.229 e. The van der Waals surface area contributed by atoms with Crippen molar-refractivity contribution in [2.45, 2.75) is 12.5 Å². The maximum Gasteiger partial charge on any atom is 0.229 e. The summed E-state index contributed by atoms with van der Waals surface area (Å²) in [6, 6.07) is 0.150. The fourth-order valence-electron chi connectivity index (χ4n) is 1.92. The second-order valence-corrected chi connectivity index (χ2v) is 4.15. The molecule has 0 bridgehead atoms. The Balaban J connectivity index is 2.37. The summed E-state index contributed by atoms with van der Waals surface area (Å²) in [5.74, 6) is 0.116. The van der Waals surface area contributed by atoms with Crippen molar-refractivity contribution >= 4 is 5.91 Å². The highest BCUT2D eigenvalue weighted by molar-refractivity contribution is 5.79. The van der Waals surface area contributed by atoms with E-state index in [0.717, 1.165) is 13.0 Å². The maximum absolute atomic E-state index is 12.1. The van der Waals surface area contributed by atoms with E-state index in [1.54, 1.807) is 12.0 Å². The summed E-state index contributed by atoms with van der Waals surface area (Å²) in [7, 11) is 5.37. The quantitative estimate of drug-likeness (QED) is 0.637. The zero-order chi connectivity index (χ0) is 12.0. The van der Waals surface area contributed by atoms with Crippen LogP contribution in [0.2, 0.25) is 0 Å². The van der Waals surface area contributed by atoms with Gasteiger partial charge in [0.2, 0.25) is 5.91 Å². The lowest BCUT2D eigenvalue weighted by Crippen LogP contribution is -2.43. The van der Waals surface area contributed by atoms with Gasteiger partial charge in [0.25, 0.3) is 0 Å². The third-order valence-corrected chi connectivity index (χ3v) is 2.99. The number of hydrogen-bond acceptors (Lipinski definition) is 4. The Morgan fingerprint density at radius 2 is 2.31 bits per heavy atom. The lowest BCUT2D eigenvalue weighted by Gasteiger charge is -2.23. The Hall–Kier alpha value is -0.650. The predicted molar refractivity (Wildman–Crippen MR) is 61.3 cm³/mol. The lowest BCUT2D eigenvalue weighted by atomic mass is 10.0. The Morgan fingerprint density at radius 1 is 1.56 bits per heavy atom. The summed E-state index contributed by atoms with van der Waals surface area (Å²) in [6.45, 7) is 2.58. The molecule has 0 spiro atoms. The van der Waals surface area contributed by atoms with Crippen LogP contribution in [0.25, 0.3) is 0 Å². The number of nitrogens with zero attached hydrogens (tertiary/aromatic N) is 1. The van der Waals surface area contributed by atoms with Crippen LogP contribution in [0.5, 0.6) is 0 Å². The molecule has 94 valence electrons. The van der Waals surface area contributed by atoms with Crippen molar-refractivity contribution in [3.63, 3.8) is 0 Å². The van der Waals surface area contributed by atoms with Gasteiger partial charge in [-0.15, -0.1) is 0 Å². The Morgan fingerprint density at radius 3 is 2.94 bits per heavy atom. The van der Waals surface area contributed by atoms with Crippen molar-refractivity contribution < 1.29 is 14.3 Å². The fraction of sp³-hybridized carbons (Fsp3) is 0.909. The first-order valence-corrected chi connectivity index (χ1v) is 5.69. The molecule has 1 aliphatic heterocycles. The molecule has 1 N–H and O–H groups in total. The van der Waals surface area contributed by atoms with Gasteiger partial charge in [-0.1, -0.05) is 0 Å². The van der Waals surface area contributed by atoms with Crippen LogP contribution in [0.3, 0.4) is 0 Å². The summed E-state index contributed by atoms with van der Waals surface area (Å²) in [5, 5.41) is 3.12. The van der Waals surface area contributed by atoms with Crippen molar-refractivity contribution in [1.82, 2.24) is 10.2 Å². The monoisotopic (exact) mass is 230 g/mol. The first-order valence-electron chi connectivity index (χ1n) is 5.69. The predicted octanol–water partition coefficient (Wildman–Crippen LogP) is -0.284. The van der Waals surface area contributed by atoms with Gasteiger partial charge in [0.05, 0.1) is 19.1 Å². The molecule has 16 heavy (non-hydrogen) atoms. The first-order chi connectivity index (χ1) is 7.70. The van der Waals surface area contributed by atoms with Crippen LogP contribution in [0.15, 0.2) is 0 Å². The summed E-state index contributed by atoms with van der Waals surface area (Å²) >= 11 is 0. The molecule has 0 aliphatic carbocycles. The molecule has 2 unspecified atom stereocenters. The number of carbonyl (C=O) groups excluding carboxylic acids is 1. The zero-order valence-electron chi connectivity index (χ0n) is 10.4. The van der Waals surface area contributed by atoms with Crippen LogP contribution in [-0.4, -0.2) is 64.4 Å². The maximum atomic E-state index is 12.1. The van der Waals surface area contributed by atoms with Gasteiger partial charge >= 0.3 is 0 Å². The average molecular weight is 230 g/mol. The molecule has 0 aromatic carbocycles. The minimum Gasteiger partial charge on any atom is -0.385 e. The molecule has 1 fully saturated rings. The molecule has 1 aliphatic rings. The van der Waals surface area contributed by atoms with Crippen LogP contribution in [0, 0.1) is 5.92 Å². The number of carbonyl (C=O) groups is 1. The van der Waals surface area contributed by atoms with Crippen molar-refractivity contribution in [2.24, 2.45) is 5.92 Å². The van der Waals surface area contributed by atoms with Gasteiger partial charge in [0.15, 0.2) is 0 Å². The van der Waals surface area contributed by atoms with Gasteiger partial charge in [0.1, 0.15) is 0 Å². The number of rotatable bonds is 6. The van der Waals surface area contributed by atoms with E-state index >= 15 is 0 Å². The Bertz CT molecular complexity index is 223. The average Bonchev–Trinajstić information content (AvgIpc) is 2.76. The van der Waals surface area contributed by atoms with Crippen LogP contribution < -0.4 is 5.32 Å². The van der Waals surface area contributed by atoms with Crippen LogP contribution in [0.4, 0.5) is 0 Å². The Labute approximate surface area is 97.1 Å². The molecule has 1 saturated heterocycles. The van der Waals surface area contributed by atoms with E-state index < -0.39 is 0 Å². The van der Waals surface area contributed by atoms with Crippen LogP contribution in [-0.2, 0) is 14.3 Å². The molecule has 1 amide bonds. The largest absolute Gasteiger partial charge is 0.385 e. The molecule has 0 saturated carbocycles. The highest BCUT2D eigenvalue weighted by Crippen LogP contribution is 2.15. The first kappa shape index (κ1) is 13.4. The number of amides is 1. The van der Waals surface area contributed by atoms with Gasteiger partial charge in [-0.05, 0) is 13.5 Å². The summed E-state index contributed by atoms with van der Waals surface area (Å²) in [6.07, 6.45) is 0.872. The standard InChI is InChI=1S/C11H22N2O3/c1-12-10-8-16-7-9(10)11(14)13(2)5-4-6-15-3/h9-10,12H,4-8H2,1-3H3. The third kappa shape index (κ3) is 3.43. The minimum atomic E-state index is -0.0439. The highest BCUT2D eigenvalue weighted by atomic mass is 16.5. The lowest BCUT2D eigenvalue weighted by molar-refractivity contribution is -0.134. The third-order valence-electron chi connectivity index (χ3n) is 2.99. The number of ether oxygens (including phenoxy) is 2. The van der Waals surface area contributed by atoms with E-state index in [-0.39, 0.29) is 17.9 Å². The molecule has 1 rings (SSSR count). The van der Waals surface area contributed by atoms with Crippen LogP contribution >= 0.6 is 0 Å². The number of likely N-dealkylation sites (N-methyl/N-ethyl adjacent to an activating group) is 1. The van der Waals surface area contributed by atoms with E-state index in [4.69, 9.17) is 9.47 Å². The van der Waals surface area contributed by atoms with E-state index in [2.05, 4.69) is 5.32 Å². The Kier molecular flexibility index (Phi) is 5.73. The second-order valence-electron chi connectivity index (χ2n) is 4.15. The molecule has 0 aromatic heterocycles. The number of nitrogens with one attached hydrogen (secondary N) is 1. The molecular formula is C11H22N2O3. The van der Waals surface area contributed by atoms with Gasteiger partial charge in [-0.3, -0.25) is 4.79 Å². The fourth-order valence-corrected chi connectivity index (χ4v) is 1.92. The van der Waals surface area contributed by atoms with Gasteiger partial charge in [-0.25, -0.2) is 0 Å². The van der Waals surface area contributed by atoms with Crippen LogP contribution in [0.1, 0.15) is 6.42 Å². The second kappa shape index (κ2) is 6.83. The molecule has 1 heterocycles. The molecule has 0 aromatic rings. The molecule has 0 radical (unpaired) electrons. The molecule has 2 atom stereocenters. The SMILES string of the molecule is CNC1COCC1C(=O)N(C)CCCOC. The summed E-state index contributed by atoms with van der Waals surface area (Å²) < 4.78 is 10.3. The van der Waals surface area contributed by atoms with Gasteiger partial charge in [0, 0.05) is 33.4 Å². The van der Waals surface area contributed by atoms with Crippen molar-refractivity contribution in [2.75, 3.05) is 47.6 Å². The molecule has 5 nitrogen and oxygen atoms in total. The summed E-state index contributed by atoms with van der Waals surface area (Å²) in [4.78, 5) is 13.8. The summed E-state index contributed by atoms with van der Waals surface area (Å²) in [5.41, 5.74) is 0. The zero-order valence-corrected chi connectivity index (χ0v) is 10.4. The number of methoxy groups -OCH3 is 1. The minimum absolute atomic E-state index is 0.0439. The topological polar surface area (TPSA) is 50.8 Å². The van der Waals surface area contributed by atoms with Gasteiger partial charge in [-0.2, -0.15) is 0 Å². The normalized spacial score (nSPS) is 24.7. The van der Waals surface area contributed by atoms with Crippen molar-refractivity contribution in [3.8, 4) is 0 Å². The van der Waals surface area contributed by atoms with Crippen molar-refractivity contribution in [1.29, 1.82) is 0 Å². The van der Waals surface area contributed by atoms with E-state index in [1.165, 1.54) is 0 Å². The molecule has 5 heteroatoms. The van der Waals surface area contributed by atoms with E-state index in [1.807, 2.05) is 14.1 Å². The van der Waals surface area contributed by atoms with Gasteiger partial charge < -0.3 is 19.7 Å². The van der Waals surface area contributed by atoms with E-state index in [9.17, 15) is 4.79 Å². The number of hydrogen-bond donors (Lipinski definition) is 1. The van der Waals surface area contributed by atoms with Crippen molar-refractivity contribution in [3.05, 3.63) is 0 Å². The molecular weight excluding hydrogens is 208 g/mol.